The van der Waals surface area contributed by atoms with Crippen LogP contribution in [-0.2, 0) is 28.5 Å². The number of hydrogen-bond donors (Lipinski definition) is 2. The first-order valence-corrected chi connectivity index (χ1v) is 13.3. The highest BCUT2D eigenvalue weighted by Crippen LogP contribution is 2.52. The van der Waals surface area contributed by atoms with Gasteiger partial charge >= 0.3 is 6.09 Å². The summed E-state index contributed by atoms with van der Waals surface area (Å²) in [7, 11) is 0. The summed E-state index contributed by atoms with van der Waals surface area (Å²) in [5, 5.41) is 5.62. The molecule has 0 aromatic heterocycles. The Labute approximate surface area is 216 Å². The van der Waals surface area contributed by atoms with Crippen LogP contribution in [0.3, 0.4) is 0 Å². The van der Waals surface area contributed by atoms with Gasteiger partial charge < -0.3 is 34.3 Å². The third-order valence-electron chi connectivity index (χ3n) is 6.17. The lowest BCUT2D eigenvalue weighted by atomic mass is 9.97. The molecule has 2 N–H and O–H groups in total. The van der Waals surface area contributed by atoms with Crippen LogP contribution in [0.25, 0.3) is 0 Å². The largest absolute Gasteiger partial charge is 0.449 e. The molecule has 0 radical (unpaired) electrons. The lowest BCUT2D eigenvalue weighted by Crippen LogP contribution is -2.32. The van der Waals surface area contributed by atoms with Crippen LogP contribution in [-0.4, -0.2) is 84.6 Å². The van der Waals surface area contributed by atoms with E-state index in [0.29, 0.717) is 96.7 Å². The summed E-state index contributed by atoms with van der Waals surface area (Å²) in [4.78, 5) is 23.5. The summed E-state index contributed by atoms with van der Waals surface area (Å²) in [6, 6.07) is 0. The van der Waals surface area contributed by atoms with Gasteiger partial charge in [0, 0.05) is 32.4 Å². The van der Waals surface area contributed by atoms with Crippen LogP contribution in [0.15, 0.2) is 0 Å². The smallest absolute Gasteiger partial charge is 0.407 e. The molecule has 0 aromatic rings. The average molecular weight is 511 g/mol. The molecule has 0 bridgehead atoms. The minimum absolute atomic E-state index is 0.00451. The van der Waals surface area contributed by atoms with Gasteiger partial charge in [-0.3, -0.25) is 4.79 Å². The number of rotatable bonds is 18. The maximum Gasteiger partial charge on any atom is 0.407 e. The molecule has 1 saturated carbocycles. The Morgan fingerprint density at radius 1 is 0.778 bits per heavy atom. The standard InChI is InChI=1S/C27H46N2O7/c1-27(2,3)21-29-25(30)10-12-32-14-16-34-18-19-35-17-15-33-13-11-28-26(31)36-20-24-22-8-6-4-5-7-9-23(22)24/h22-24H,6-21H2,1-3H3,(H,28,31)(H,29,30)/t22-,23+,24-. The monoisotopic (exact) mass is 510 g/mol. The van der Waals surface area contributed by atoms with E-state index in [2.05, 4.69) is 43.2 Å². The summed E-state index contributed by atoms with van der Waals surface area (Å²) in [6.45, 7) is 11.4. The van der Waals surface area contributed by atoms with E-state index >= 15 is 0 Å². The third-order valence-corrected chi connectivity index (χ3v) is 6.17. The Morgan fingerprint density at radius 2 is 1.31 bits per heavy atom. The van der Waals surface area contributed by atoms with Crippen molar-refractivity contribution >= 4 is 12.0 Å². The van der Waals surface area contributed by atoms with E-state index in [4.69, 9.17) is 23.7 Å². The highest BCUT2D eigenvalue weighted by molar-refractivity contribution is 5.75. The van der Waals surface area contributed by atoms with Crippen LogP contribution < -0.4 is 10.6 Å². The van der Waals surface area contributed by atoms with Crippen molar-refractivity contribution in [3.63, 3.8) is 0 Å². The molecule has 1 fully saturated rings. The zero-order valence-electron chi connectivity index (χ0n) is 22.4. The quantitative estimate of drug-likeness (QED) is 0.216. The van der Waals surface area contributed by atoms with E-state index in [0.717, 1.165) is 25.7 Å². The molecule has 2 rings (SSSR count). The molecule has 206 valence electrons. The van der Waals surface area contributed by atoms with Crippen molar-refractivity contribution in [3.05, 3.63) is 0 Å². The zero-order chi connectivity index (χ0) is 26.1. The molecular weight excluding hydrogens is 464 g/mol. The summed E-state index contributed by atoms with van der Waals surface area (Å²) in [5.41, 5.74) is 0.0792. The van der Waals surface area contributed by atoms with E-state index in [9.17, 15) is 9.59 Å². The van der Waals surface area contributed by atoms with Crippen molar-refractivity contribution in [2.75, 3.05) is 72.6 Å². The second-order valence-electron chi connectivity index (χ2n) is 10.5. The normalized spacial score (nSPS) is 20.8. The lowest BCUT2D eigenvalue weighted by Gasteiger charge is -2.18. The minimum Gasteiger partial charge on any atom is -0.449 e. The predicted octanol–water partition coefficient (Wildman–Crippen LogP) is 2.77. The highest BCUT2D eigenvalue weighted by atomic mass is 16.6. The molecule has 0 heterocycles. The van der Waals surface area contributed by atoms with Crippen LogP contribution >= 0.6 is 0 Å². The summed E-state index contributed by atoms with van der Waals surface area (Å²) >= 11 is 0. The summed E-state index contributed by atoms with van der Waals surface area (Å²) in [5.74, 6) is 8.25. The van der Waals surface area contributed by atoms with Gasteiger partial charge in [0.15, 0.2) is 0 Å². The molecule has 0 saturated heterocycles. The predicted molar refractivity (Wildman–Crippen MR) is 136 cm³/mol. The molecule has 2 aliphatic carbocycles. The molecular formula is C27H46N2O7. The van der Waals surface area contributed by atoms with Crippen molar-refractivity contribution < 1.29 is 33.3 Å². The van der Waals surface area contributed by atoms with Crippen LogP contribution in [0.5, 0.6) is 0 Å². The van der Waals surface area contributed by atoms with Crippen molar-refractivity contribution in [1.29, 1.82) is 0 Å². The molecule has 9 nitrogen and oxygen atoms in total. The van der Waals surface area contributed by atoms with E-state index in [-0.39, 0.29) is 17.4 Å². The minimum atomic E-state index is -0.379. The number of fused-ring (bicyclic) bond motifs is 1. The number of nitrogens with one attached hydrogen (secondary N) is 2. The molecule has 0 spiro atoms. The van der Waals surface area contributed by atoms with Gasteiger partial charge in [0.05, 0.1) is 59.5 Å². The average Bonchev–Trinajstić information content (AvgIpc) is 3.47. The fourth-order valence-corrected chi connectivity index (χ4v) is 4.11. The van der Waals surface area contributed by atoms with Crippen LogP contribution in [0.4, 0.5) is 4.79 Å². The van der Waals surface area contributed by atoms with Gasteiger partial charge in [-0.1, -0.05) is 20.8 Å². The Balaban J connectivity index is 1.27. The van der Waals surface area contributed by atoms with Gasteiger partial charge in [0.1, 0.15) is 0 Å². The van der Waals surface area contributed by atoms with E-state index < -0.39 is 0 Å². The van der Waals surface area contributed by atoms with Crippen LogP contribution in [0.1, 0.15) is 52.9 Å². The van der Waals surface area contributed by atoms with E-state index in [1.54, 1.807) is 0 Å². The van der Waals surface area contributed by atoms with Gasteiger partial charge in [-0.2, -0.15) is 0 Å². The number of carbonyl (C=O) groups excluding carboxylic acids is 2. The zero-order valence-corrected chi connectivity index (χ0v) is 22.4. The number of ether oxygens (including phenoxy) is 5. The van der Waals surface area contributed by atoms with Crippen molar-refractivity contribution in [2.24, 2.45) is 23.2 Å². The molecule has 36 heavy (non-hydrogen) atoms. The van der Waals surface area contributed by atoms with Crippen LogP contribution in [0, 0.1) is 35.0 Å². The van der Waals surface area contributed by atoms with Gasteiger partial charge in [0.2, 0.25) is 5.91 Å². The first-order valence-electron chi connectivity index (χ1n) is 13.3. The molecule has 2 aliphatic rings. The van der Waals surface area contributed by atoms with Crippen LogP contribution in [0.2, 0.25) is 0 Å². The maximum absolute atomic E-state index is 11.8. The van der Waals surface area contributed by atoms with Crippen molar-refractivity contribution in [3.8, 4) is 11.8 Å². The molecule has 0 aromatic carbocycles. The van der Waals surface area contributed by atoms with Crippen molar-refractivity contribution in [2.45, 2.75) is 52.9 Å². The molecule has 3 atom stereocenters. The van der Waals surface area contributed by atoms with Gasteiger partial charge in [-0.15, -0.1) is 11.8 Å². The highest BCUT2D eigenvalue weighted by Gasteiger charge is 2.49. The maximum atomic E-state index is 11.8. The topological polar surface area (TPSA) is 104 Å². The Kier molecular flexibility index (Phi) is 14.8. The first kappa shape index (κ1) is 30.4. The Hall–Kier alpha value is -1.86. The van der Waals surface area contributed by atoms with Gasteiger partial charge in [-0.05, 0) is 36.0 Å². The Bertz CT molecular complexity index is 680. The summed E-state index contributed by atoms with van der Waals surface area (Å²) < 4.78 is 27.1. The fraction of sp³-hybridized carbons (Fsp3) is 0.852. The molecule has 2 amide bonds. The van der Waals surface area contributed by atoms with E-state index in [1.807, 2.05) is 0 Å². The van der Waals surface area contributed by atoms with E-state index in [1.165, 1.54) is 0 Å². The first-order chi connectivity index (χ1) is 17.4. The number of amides is 2. The summed E-state index contributed by atoms with van der Waals surface area (Å²) in [6.07, 6.45) is 4.16. The molecule has 0 aliphatic heterocycles. The third kappa shape index (κ3) is 14.6. The molecule has 9 heteroatoms. The van der Waals surface area contributed by atoms with Gasteiger partial charge in [0.25, 0.3) is 0 Å². The second-order valence-corrected chi connectivity index (χ2v) is 10.5. The van der Waals surface area contributed by atoms with Crippen molar-refractivity contribution in [1.82, 2.24) is 10.6 Å². The fourth-order valence-electron chi connectivity index (χ4n) is 4.11. The van der Waals surface area contributed by atoms with Gasteiger partial charge in [-0.25, -0.2) is 4.79 Å². The molecule has 0 unspecified atom stereocenters. The number of carbonyl (C=O) groups is 2. The Morgan fingerprint density at radius 3 is 1.86 bits per heavy atom. The number of hydrogen-bond acceptors (Lipinski definition) is 7. The lowest BCUT2D eigenvalue weighted by molar-refractivity contribution is -0.122. The number of alkyl carbamates (subject to hydrolysis) is 1. The SMILES string of the molecule is CC(C)(C)CNC(=O)CCOCCOCCOCCOCCNC(=O)OC[C@@H]1[C@@H]2CCC#CCC[C@@H]21. The second kappa shape index (κ2) is 17.6.